The van der Waals surface area contributed by atoms with Gasteiger partial charge < -0.3 is 10.1 Å². The fourth-order valence-electron chi connectivity index (χ4n) is 4.69. The molecule has 1 aliphatic heterocycles. The van der Waals surface area contributed by atoms with Crippen LogP contribution in [0.5, 0.6) is 0 Å². The number of benzene rings is 1. The third-order valence-corrected chi connectivity index (χ3v) is 8.46. The summed E-state index contributed by atoms with van der Waals surface area (Å²) in [5.41, 5.74) is 5.03. The number of fused-ring (bicyclic) bond motifs is 1. The molecule has 184 valence electrons. The van der Waals surface area contributed by atoms with Crippen LogP contribution in [0.15, 0.2) is 53.7 Å². The highest BCUT2D eigenvalue weighted by Gasteiger charge is 2.26. The first-order valence-electron chi connectivity index (χ1n) is 12.0. The molecule has 3 heterocycles. The van der Waals surface area contributed by atoms with Crippen molar-refractivity contribution in [3.8, 4) is 11.3 Å². The van der Waals surface area contributed by atoms with Crippen molar-refractivity contribution in [3.63, 3.8) is 0 Å². The van der Waals surface area contributed by atoms with Crippen LogP contribution in [-0.4, -0.2) is 66.2 Å². The van der Waals surface area contributed by atoms with E-state index in [4.69, 9.17) is 9.84 Å². The number of pyridine rings is 1. The number of rotatable bonds is 7. The van der Waals surface area contributed by atoms with Gasteiger partial charge in [-0.1, -0.05) is 0 Å². The molecule has 10 heteroatoms. The Kier molecular flexibility index (Phi) is 6.94. The minimum absolute atomic E-state index is 0.183. The monoisotopic (exact) mass is 495 g/mol. The Morgan fingerprint density at radius 2 is 1.71 bits per heavy atom. The molecule has 0 atom stereocenters. The van der Waals surface area contributed by atoms with E-state index in [2.05, 4.69) is 10.3 Å². The topological polar surface area (TPSA) is 106 Å². The average Bonchev–Trinajstić information content (AvgIpc) is 3.28. The molecular weight excluding hydrogens is 466 g/mol. The van der Waals surface area contributed by atoms with Gasteiger partial charge in [0.25, 0.3) is 5.91 Å². The van der Waals surface area contributed by atoms with Crippen molar-refractivity contribution in [1.82, 2.24) is 24.4 Å². The van der Waals surface area contributed by atoms with Gasteiger partial charge in [-0.2, -0.15) is 9.40 Å². The van der Waals surface area contributed by atoms with Crippen LogP contribution in [0.4, 0.5) is 0 Å². The van der Waals surface area contributed by atoms with E-state index < -0.39 is 10.0 Å². The number of amides is 1. The number of hydrogen-bond donors (Lipinski definition) is 1. The van der Waals surface area contributed by atoms with E-state index in [1.807, 2.05) is 16.8 Å². The minimum Gasteiger partial charge on any atom is -0.379 e. The van der Waals surface area contributed by atoms with Crippen LogP contribution >= 0.6 is 0 Å². The number of hydrogen-bond acceptors (Lipinski definition) is 6. The Labute approximate surface area is 205 Å². The number of morpholine rings is 1. The molecule has 0 unspecified atom stereocenters. The van der Waals surface area contributed by atoms with Crippen molar-refractivity contribution in [3.05, 3.63) is 65.6 Å². The van der Waals surface area contributed by atoms with Gasteiger partial charge >= 0.3 is 0 Å². The molecule has 0 radical (unpaired) electrons. The van der Waals surface area contributed by atoms with Crippen molar-refractivity contribution in [2.24, 2.45) is 0 Å². The molecule has 1 aromatic carbocycles. The van der Waals surface area contributed by atoms with Gasteiger partial charge in [0, 0.05) is 54.4 Å². The summed E-state index contributed by atoms with van der Waals surface area (Å²) in [4.78, 5) is 17.0. The Hall–Kier alpha value is -3.08. The van der Waals surface area contributed by atoms with Crippen LogP contribution in [0, 0.1) is 0 Å². The maximum absolute atomic E-state index is 12.8. The van der Waals surface area contributed by atoms with Crippen molar-refractivity contribution < 1.29 is 17.9 Å². The molecule has 1 fully saturated rings. The molecule has 1 amide bonds. The van der Waals surface area contributed by atoms with Crippen LogP contribution < -0.4 is 5.32 Å². The SMILES string of the molecule is O=C(NCCn1nc(-c2ccncc2)c2c1CCCC2)c1ccc(S(=O)(=O)N2CCOCC2)cc1. The van der Waals surface area contributed by atoms with Gasteiger partial charge in [0.1, 0.15) is 0 Å². The van der Waals surface area contributed by atoms with Gasteiger partial charge in [0.05, 0.1) is 30.3 Å². The quantitative estimate of drug-likeness (QED) is 0.539. The maximum Gasteiger partial charge on any atom is 0.251 e. The highest BCUT2D eigenvalue weighted by atomic mass is 32.2. The Bertz CT molecular complexity index is 1280. The largest absolute Gasteiger partial charge is 0.379 e. The average molecular weight is 496 g/mol. The second-order valence-corrected chi connectivity index (χ2v) is 10.7. The molecule has 2 aromatic heterocycles. The molecule has 9 nitrogen and oxygen atoms in total. The van der Waals surface area contributed by atoms with Gasteiger partial charge in [-0.25, -0.2) is 8.42 Å². The number of ether oxygens (including phenoxy) is 1. The summed E-state index contributed by atoms with van der Waals surface area (Å²) < 4.78 is 34.2. The van der Waals surface area contributed by atoms with E-state index >= 15 is 0 Å². The predicted octanol–water partition coefficient (Wildman–Crippen LogP) is 2.27. The van der Waals surface area contributed by atoms with E-state index in [1.165, 1.54) is 27.7 Å². The first kappa shape index (κ1) is 23.7. The number of carbonyl (C=O) groups excluding carboxylic acids is 1. The van der Waals surface area contributed by atoms with Crippen LogP contribution in [-0.2, 0) is 34.1 Å². The molecule has 1 aliphatic carbocycles. The lowest BCUT2D eigenvalue weighted by atomic mass is 9.94. The van der Waals surface area contributed by atoms with Crippen molar-refractivity contribution in [1.29, 1.82) is 0 Å². The summed E-state index contributed by atoms with van der Waals surface area (Å²) in [6.07, 6.45) is 7.85. The predicted molar refractivity (Wildman–Crippen MR) is 130 cm³/mol. The Balaban J connectivity index is 1.23. The maximum atomic E-state index is 12.8. The second-order valence-electron chi connectivity index (χ2n) is 8.74. The smallest absolute Gasteiger partial charge is 0.251 e. The van der Waals surface area contributed by atoms with E-state index in [1.54, 1.807) is 24.5 Å². The first-order chi connectivity index (χ1) is 17.0. The van der Waals surface area contributed by atoms with Gasteiger partial charge in [-0.3, -0.25) is 14.5 Å². The molecule has 0 spiro atoms. The summed E-state index contributed by atoms with van der Waals surface area (Å²) in [5, 5.41) is 7.81. The Morgan fingerprint density at radius 3 is 2.46 bits per heavy atom. The van der Waals surface area contributed by atoms with E-state index in [9.17, 15) is 13.2 Å². The zero-order valence-electron chi connectivity index (χ0n) is 19.5. The standard InChI is InChI=1S/C25H29N5O4S/c31-25(20-5-7-21(8-6-20)35(32,33)29-15-17-34-18-16-29)27-13-14-30-23-4-2-1-3-22(23)24(28-30)19-9-11-26-12-10-19/h5-12H,1-4,13-18H2,(H,27,31). The number of sulfonamides is 1. The fraction of sp³-hybridized carbons (Fsp3) is 0.400. The van der Waals surface area contributed by atoms with Crippen LogP contribution in [0.3, 0.4) is 0 Å². The van der Waals surface area contributed by atoms with Gasteiger partial charge in [-0.05, 0) is 62.1 Å². The summed E-state index contributed by atoms with van der Waals surface area (Å²) in [6.45, 7) is 2.46. The zero-order chi connectivity index (χ0) is 24.3. The molecule has 1 N–H and O–H groups in total. The van der Waals surface area contributed by atoms with E-state index in [0.717, 1.165) is 36.9 Å². The van der Waals surface area contributed by atoms with Crippen LogP contribution in [0.25, 0.3) is 11.3 Å². The third kappa shape index (κ3) is 5.00. The lowest BCUT2D eigenvalue weighted by molar-refractivity contribution is 0.0730. The fourth-order valence-corrected chi connectivity index (χ4v) is 6.10. The third-order valence-electron chi connectivity index (χ3n) is 6.54. The van der Waals surface area contributed by atoms with E-state index in [-0.39, 0.29) is 10.8 Å². The lowest BCUT2D eigenvalue weighted by Crippen LogP contribution is -2.40. The molecule has 1 saturated heterocycles. The summed E-state index contributed by atoms with van der Waals surface area (Å²) >= 11 is 0. The van der Waals surface area contributed by atoms with Gasteiger partial charge in [-0.15, -0.1) is 0 Å². The highest BCUT2D eigenvalue weighted by molar-refractivity contribution is 7.89. The molecule has 3 aromatic rings. The number of nitrogens with zero attached hydrogens (tertiary/aromatic N) is 4. The first-order valence-corrected chi connectivity index (χ1v) is 13.4. The molecule has 0 bridgehead atoms. The lowest BCUT2D eigenvalue weighted by Gasteiger charge is -2.26. The van der Waals surface area contributed by atoms with Crippen molar-refractivity contribution in [2.45, 2.75) is 37.1 Å². The highest BCUT2D eigenvalue weighted by Crippen LogP contribution is 2.30. The van der Waals surface area contributed by atoms with Crippen molar-refractivity contribution in [2.75, 3.05) is 32.8 Å². The normalized spacial score (nSPS) is 16.6. The molecular formula is C25H29N5O4S. The molecule has 2 aliphatic rings. The number of carbonyl (C=O) groups is 1. The summed E-state index contributed by atoms with van der Waals surface area (Å²) in [7, 11) is -3.58. The summed E-state index contributed by atoms with van der Waals surface area (Å²) in [6, 6.07) is 10.0. The second kappa shape index (κ2) is 10.3. The van der Waals surface area contributed by atoms with E-state index in [0.29, 0.717) is 45.0 Å². The van der Waals surface area contributed by atoms with Gasteiger partial charge in [0.2, 0.25) is 10.0 Å². The van der Waals surface area contributed by atoms with Crippen LogP contribution in [0.1, 0.15) is 34.5 Å². The zero-order valence-corrected chi connectivity index (χ0v) is 20.3. The van der Waals surface area contributed by atoms with Gasteiger partial charge in [0.15, 0.2) is 0 Å². The van der Waals surface area contributed by atoms with Crippen molar-refractivity contribution >= 4 is 15.9 Å². The van der Waals surface area contributed by atoms with Crippen LogP contribution in [0.2, 0.25) is 0 Å². The number of nitrogens with one attached hydrogen (secondary N) is 1. The molecule has 5 rings (SSSR count). The summed E-state index contributed by atoms with van der Waals surface area (Å²) in [5.74, 6) is -0.240. The molecule has 35 heavy (non-hydrogen) atoms. The Morgan fingerprint density at radius 1 is 1.00 bits per heavy atom. The molecule has 0 saturated carbocycles. The minimum atomic E-state index is -3.58. The number of aromatic nitrogens is 3.